The van der Waals surface area contributed by atoms with Gasteiger partial charge < -0.3 is 10.0 Å². The number of aliphatic hydroxyl groups is 1. The van der Waals surface area contributed by atoms with Crippen LogP contribution in [0.4, 0.5) is 0 Å². The molecule has 0 spiro atoms. The summed E-state index contributed by atoms with van der Waals surface area (Å²) in [6, 6.07) is 10.7. The SMILES string of the molecule is O=C1C(=O)N(Cc2cccnc2)C(c2ccc(Cl)c(Cl)c2)C1=C(O)c1ccncc1. The number of nitrogens with zero attached hydrogens (tertiary/aromatic N) is 3. The maximum absolute atomic E-state index is 13.0. The lowest BCUT2D eigenvalue weighted by Gasteiger charge is -2.25. The molecule has 6 nitrogen and oxygen atoms in total. The number of hydrogen-bond acceptors (Lipinski definition) is 5. The first-order chi connectivity index (χ1) is 14.5. The number of hydrogen-bond donors (Lipinski definition) is 1. The molecule has 2 aromatic heterocycles. The van der Waals surface area contributed by atoms with Gasteiger partial charge in [-0.2, -0.15) is 0 Å². The third-order valence-corrected chi connectivity index (χ3v) is 5.57. The highest BCUT2D eigenvalue weighted by molar-refractivity contribution is 6.46. The fourth-order valence-electron chi connectivity index (χ4n) is 3.43. The monoisotopic (exact) mass is 439 g/mol. The van der Waals surface area contributed by atoms with Crippen LogP contribution in [0.2, 0.25) is 10.0 Å². The minimum atomic E-state index is -0.840. The first-order valence-corrected chi connectivity index (χ1v) is 9.75. The number of likely N-dealkylation sites (tertiary alicyclic amines) is 1. The summed E-state index contributed by atoms with van der Waals surface area (Å²) in [5.41, 5.74) is 1.67. The molecule has 0 aliphatic carbocycles. The van der Waals surface area contributed by atoms with Gasteiger partial charge in [0.05, 0.1) is 21.7 Å². The molecule has 1 fully saturated rings. The van der Waals surface area contributed by atoms with Crippen molar-refractivity contribution in [1.82, 2.24) is 14.9 Å². The van der Waals surface area contributed by atoms with E-state index >= 15 is 0 Å². The number of carbonyl (C=O) groups excluding carboxylic acids is 2. The van der Waals surface area contributed by atoms with Crippen LogP contribution in [0.5, 0.6) is 0 Å². The van der Waals surface area contributed by atoms with Crippen molar-refractivity contribution in [3.63, 3.8) is 0 Å². The highest BCUT2D eigenvalue weighted by Crippen LogP contribution is 2.41. The topological polar surface area (TPSA) is 83.4 Å². The first-order valence-electron chi connectivity index (χ1n) is 9.00. The third kappa shape index (κ3) is 3.67. The summed E-state index contributed by atoms with van der Waals surface area (Å²) in [4.78, 5) is 35.3. The van der Waals surface area contributed by atoms with Gasteiger partial charge in [0.1, 0.15) is 5.76 Å². The smallest absolute Gasteiger partial charge is 0.295 e. The molecule has 1 aliphatic heterocycles. The molecule has 0 bridgehead atoms. The summed E-state index contributed by atoms with van der Waals surface area (Å²) in [7, 11) is 0. The van der Waals surface area contributed by atoms with E-state index < -0.39 is 17.7 Å². The molecule has 0 saturated carbocycles. The highest BCUT2D eigenvalue weighted by Gasteiger charge is 2.46. The average molecular weight is 440 g/mol. The maximum Gasteiger partial charge on any atom is 0.295 e. The van der Waals surface area contributed by atoms with E-state index in [2.05, 4.69) is 9.97 Å². The van der Waals surface area contributed by atoms with Crippen molar-refractivity contribution in [2.24, 2.45) is 0 Å². The van der Waals surface area contributed by atoms with Crippen LogP contribution in [0.15, 0.2) is 72.8 Å². The molecule has 1 N–H and O–H groups in total. The summed E-state index contributed by atoms with van der Waals surface area (Å²) in [6.07, 6.45) is 6.23. The van der Waals surface area contributed by atoms with Crippen LogP contribution in [0.3, 0.4) is 0 Å². The number of aliphatic hydroxyl groups excluding tert-OH is 1. The summed E-state index contributed by atoms with van der Waals surface area (Å²) >= 11 is 12.2. The fourth-order valence-corrected chi connectivity index (χ4v) is 3.73. The predicted molar refractivity (Wildman–Crippen MR) is 113 cm³/mol. The Balaban J connectivity index is 1.88. The molecular weight excluding hydrogens is 425 g/mol. The van der Waals surface area contributed by atoms with Gasteiger partial charge in [0.25, 0.3) is 11.7 Å². The van der Waals surface area contributed by atoms with E-state index in [0.717, 1.165) is 5.56 Å². The van der Waals surface area contributed by atoms with Crippen molar-refractivity contribution in [3.8, 4) is 0 Å². The van der Waals surface area contributed by atoms with Crippen molar-refractivity contribution in [1.29, 1.82) is 0 Å². The summed E-state index contributed by atoms with van der Waals surface area (Å²) in [6.45, 7) is 0.135. The van der Waals surface area contributed by atoms with Crippen LogP contribution in [-0.4, -0.2) is 31.7 Å². The molecule has 1 aliphatic rings. The number of rotatable bonds is 4. The minimum Gasteiger partial charge on any atom is -0.507 e. The van der Waals surface area contributed by atoms with E-state index in [-0.39, 0.29) is 22.9 Å². The van der Waals surface area contributed by atoms with Gasteiger partial charge in [0.15, 0.2) is 0 Å². The molecule has 3 heterocycles. The van der Waals surface area contributed by atoms with E-state index in [1.165, 1.54) is 17.3 Å². The van der Waals surface area contributed by atoms with Crippen LogP contribution in [0.1, 0.15) is 22.7 Å². The van der Waals surface area contributed by atoms with Gasteiger partial charge in [0.2, 0.25) is 0 Å². The standard InChI is InChI=1S/C22H15Cl2N3O3/c23-16-4-3-15(10-17(16)24)19-18(20(28)14-5-8-25-9-6-14)21(29)22(30)27(19)12-13-2-1-7-26-11-13/h1-11,19,28H,12H2. The van der Waals surface area contributed by atoms with Gasteiger partial charge in [-0.1, -0.05) is 35.3 Å². The average Bonchev–Trinajstić information content (AvgIpc) is 3.01. The van der Waals surface area contributed by atoms with Gasteiger partial charge >= 0.3 is 0 Å². The molecule has 4 rings (SSSR count). The number of ketones is 1. The highest BCUT2D eigenvalue weighted by atomic mass is 35.5. The largest absolute Gasteiger partial charge is 0.507 e. The Kier molecular flexibility index (Phi) is 5.53. The molecule has 1 aromatic carbocycles. The zero-order chi connectivity index (χ0) is 21.3. The molecule has 30 heavy (non-hydrogen) atoms. The van der Waals surface area contributed by atoms with Gasteiger partial charge in [-0.25, -0.2) is 0 Å². The Labute approximate surface area is 182 Å². The van der Waals surface area contributed by atoms with Crippen LogP contribution in [-0.2, 0) is 16.1 Å². The normalized spacial score (nSPS) is 18.1. The van der Waals surface area contributed by atoms with E-state index in [1.54, 1.807) is 54.9 Å². The second-order valence-electron chi connectivity index (χ2n) is 6.70. The van der Waals surface area contributed by atoms with Gasteiger partial charge in [-0.3, -0.25) is 19.6 Å². The summed E-state index contributed by atoms with van der Waals surface area (Å²) < 4.78 is 0. The molecule has 150 valence electrons. The fraction of sp³-hybridized carbons (Fsp3) is 0.0909. The Bertz CT molecular complexity index is 1150. The van der Waals surface area contributed by atoms with Crippen LogP contribution in [0, 0.1) is 0 Å². The number of Topliss-reactive ketones (excluding diaryl/α,β-unsaturated/α-hetero) is 1. The number of aromatic nitrogens is 2. The lowest BCUT2D eigenvalue weighted by atomic mass is 9.95. The Morgan fingerprint density at radius 2 is 1.77 bits per heavy atom. The first kappa shape index (κ1) is 20.1. The van der Waals surface area contributed by atoms with Crippen LogP contribution < -0.4 is 0 Å². The lowest BCUT2D eigenvalue weighted by Crippen LogP contribution is -2.29. The molecule has 1 amide bonds. The molecule has 0 radical (unpaired) electrons. The number of benzene rings is 1. The van der Waals surface area contributed by atoms with Gasteiger partial charge in [-0.05, 0) is 41.5 Å². The number of pyridine rings is 2. The third-order valence-electron chi connectivity index (χ3n) is 4.83. The summed E-state index contributed by atoms with van der Waals surface area (Å²) in [5.74, 6) is -1.77. The maximum atomic E-state index is 13.0. The molecule has 1 unspecified atom stereocenters. The second kappa shape index (κ2) is 8.26. The minimum absolute atomic E-state index is 0.0199. The predicted octanol–water partition coefficient (Wildman–Crippen LogP) is 4.41. The summed E-state index contributed by atoms with van der Waals surface area (Å²) in [5, 5.41) is 11.6. The molecule has 3 aromatic rings. The van der Waals surface area contributed by atoms with E-state index in [1.807, 2.05) is 0 Å². The van der Waals surface area contributed by atoms with Crippen molar-refractivity contribution >= 4 is 40.7 Å². The number of amides is 1. The second-order valence-corrected chi connectivity index (χ2v) is 7.51. The van der Waals surface area contributed by atoms with Crippen molar-refractivity contribution in [2.45, 2.75) is 12.6 Å². The quantitative estimate of drug-likeness (QED) is 0.369. The van der Waals surface area contributed by atoms with Gasteiger partial charge in [0, 0.05) is 36.9 Å². The molecule has 1 atom stereocenters. The van der Waals surface area contributed by atoms with Crippen molar-refractivity contribution in [3.05, 3.63) is 99.6 Å². The van der Waals surface area contributed by atoms with E-state index in [0.29, 0.717) is 16.1 Å². The Morgan fingerprint density at radius 1 is 1.00 bits per heavy atom. The molecule has 8 heteroatoms. The zero-order valence-corrected chi connectivity index (χ0v) is 17.0. The van der Waals surface area contributed by atoms with E-state index in [9.17, 15) is 14.7 Å². The van der Waals surface area contributed by atoms with Crippen LogP contribution in [0.25, 0.3) is 5.76 Å². The Morgan fingerprint density at radius 3 is 2.43 bits per heavy atom. The van der Waals surface area contributed by atoms with Crippen molar-refractivity contribution < 1.29 is 14.7 Å². The Hall–Kier alpha value is -3.22. The van der Waals surface area contributed by atoms with Crippen LogP contribution >= 0.6 is 23.2 Å². The van der Waals surface area contributed by atoms with Crippen molar-refractivity contribution in [2.75, 3.05) is 0 Å². The number of carbonyl (C=O) groups is 2. The molecular formula is C22H15Cl2N3O3. The van der Waals surface area contributed by atoms with Gasteiger partial charge in [-0.15, -0.1) is 0 Å². The number of halogens is 2. The molecule has 1 saturated heterocycles. The lowest BCUT2D eigenvalue weighted by molar-refractivity contribution is -0.140. The van der Waals surface area contributed by atoms with E-state index in [4.69, 9.17) is 23.2 Å². The zero-order valence-electron chi connectivity index (χ0n) is 15.5.